The molecule has 3 nitrogen and oxygen atoms in total. The summed E-state index contributed by atoms with van der Waals surface area (Å²) in [6, 6.07) is 8.55. The number of aliphatic hydroxyl groups excluding tert-OH is 1. The molecule has 2 rings (SSSR count). The summed E-state index contributed by atoms with van der Waals surface area (Å²) in [7, 11) is 0. The van der Waals surface area contributed by atoms with Crippen LogP contribution in [0.2, 0.25) is 5.02 Å². The second-order valence-electron chi connectivity index (χ2n) is 6.71. The van der Waals surface area contributed by atoms with Crippen molar-refractivity contribution < 1.29 is 5.11 Å². The highest BCUT2D eigenvalue weighted by atomic mass is 35.5. The average molecular weight is 325 g/mol. The van der Waals surface area contributed by atoms with Crippen LogP contribution in [0.25, 0.3) is 0 Å². The first kappa shape index (κ1) is 17.7. The molecular weight excluding hydrogens is 296 g/mol. The van der Waals surface area contributed by atoms with Crippen molar-refractivity contribution in [3.8, 4) is 0 Å². The summed E-state index contributed by atoms with van der Waals surface area (Å²) in [6.45, 7) is 10.0. The van der Waals surface area contributed by atoms with Crippen LogP contribution in [0.3, 0.4) is 0 Å². The van der Waals surface area contributed by atoms with E-state index in [1.807, 2.05) is 18.2 Å². The van der Waals surface area contributed by atoms with Gasteiger partial charge >= 0.3 is 0 Å². The Morgan fingerprint density at radius 3 is 2.73 bits per heavy atom. The van der Waals surface area contributed by atoms with Crippen LogP contribution in [0.5, 0.6) is 0 Å². The zero-order chi connectivity index (χ0) is 15.9. The van der Waals surface area contributed by atoms with Crippen molar-refractivity contribution >= 4 is 11.6 Å². The van der Waals surface area contributed by atoms with E-state index in [0.29, 0.717) is 6.04 Å². The molecule has 0 saturated carbocycles. The number of hydrogen-bond acceptors (Lipinski definition) is 3. The van der Waals surface area contributed by atoms with Crippen molar-refractivity contribution in [1.82, 2.24) is 9.80 Å². The monoisotopic (exact) mass is 324 g/mol. The van der Waals surface area contributed by atoms with Gasteiger partial charge in [0.25, 0.3) is 0 Å². The summed E-state index contributed by atoms with van der Waals surface area (Å²) in [6.07, 6.45) is 2.09. The summed E-state index contributed by atoms with van der Waals surface area (Å²) in [5.41, 5.74) is 1.20. The Morgan fingerprint density at radius 2 is 2.05 bits per heavy atom. The lowest BCUT2D eigenvalue weighted by Gasteiger charge is -2.41. The van der Waals surface area contributed by atoms with Crippen LogP contribution >= 0.6 is 11.6 Å². The van der Waals surface area contributed by atoms with Crippen LogP contribution < -0.4 is 0 Å². The van der Waals surface area contributed by atoms with E-state index in [0.717, 1.165) is 50.1 Å². The topological polar surface area (TPSA) is 26.7 Å². The van der Waals surface area contributed by atoms with E-state index in [2.05, 4.69) is 29.7 Å². The predicted molar refractivity (Wildman–Crippen MR) is 93.2 cm³/mol. The van der Waals surface area contributed by atoms with E-state index >= 15 is 0 Å². The molecule has 0 aromatic heterocycles. The lowest BCUT2D eigenvalue weighted by molar-refractivity contribution is 0.0524. The normalized spacial score (nSPS) is 20.7. The minimum atomic E-state index is 0.267. The number of benzene rings is 1. The van der Waals surface area contributed by atoms with Gasteiger partial charge in [-0.15, -0.1) is 0 Å². The van der Waals surface area contributed by atoms with Crippen LogP contribution in [-0.2, 0) is 6.54 Å². The second-order valence-corrected chi connectivity index (χ2v) is 7.12. The van der Waals surface area contributed by atoms with Crippen molar-refractivity contribution in [1.29, 1.82) is 0 Å². The largest absolute Gasteiger partial charge is 0.396 e. The van der Waals surface area contributed by atoms with Crippen molar-refractivity contribution in [3.05, 3.63) is 34.9 Å². The summed E-state index contributed by atoms with van der Waals surface area (Å²) in [4.78, 5) is 5.02. The maximum atomic E-state index is 9.37. The van der Waals surface area contributed by atoms with Crippen LogP contribution in [0.1, 0.15) is 32.3 Å². The van der Waals surface area contributed by atoms with Gasteiger partial charge in [0.05, 0.1) is 0 Å². The molecule has 1 aliphatic heterocycles. The number of halogens is 1. The molecule has 0 spiro atoms. The van der Waals surface area contributed by atoms with Gasteiger partial charge in [-0.05, 0) is 36.9 Å². The molecule has 22 heavy (non-hydrogen) atoms. The summed E-state index contributed by atoms with van der Waals surface area (Å²) in [5.74, 6) is 0.732. The molecule has 1 aromatic rings. The summed E-state index contributed by atoms with van der Waals surface area (Å²) < 4.78 is 0. The Labute approximate surface area is 139 Å². The van der Waals surface area contributed by atoms with Gasteiger partial charge in [0.2, 0.25) is 0 Å². The van der Waals surface area contributed by atoms with Crippen LogP contribution in [0, 0.1) is 5.92 Å². The fourth-order valence-electron chi connectivity index (χ4n) is 3.11. The van der Waals surface area contributed by atoms with Crippen molar-refractivity contribution in [3.63, 3.8) is 0 Å². The van der Waals surface area contributed by atoms with Gasteiger partial charge in [-0.1, -0.05) is 43.6 Å². The van der Waals surface area contributed by atoms with E-state index in [-0.39, 0.29) is 6.61 Å². The molecule has 0 aliphatic carbocycles. The first-order chi connectivity index (χ1) is 10.6. The molecule has 1 aromatic carbocycles. The van der Waals surface area contributed by atoms with Crippen molar-refractivity contribution in [2.75, 3.05) is 32.8 Å². The lowest BCUT2D eigenvalue weighted by Crippen LogP contribution is -2.53. The van der Waals surface area contributed by atoms with Crippen LogP contribution in [0.15, 0.2) is 24.3 Å². The van der Waals surface area contributed by atoms with Gasteiger partial charge in [0.1, 0.15) is 0 Å². The van der Waals surface area contributed by atoms with Gasteiger partial charge in [-0.3, -0.25) is 9.80 Å². The van der Waals surface area contributed by atoms with Crippen molar-refractivity contribution in [2.45, 2.75) is 39.3 Å². The third kappa shape index (κ3) is 5.24. The van der Waals surface area contributed by atoms with E-state index in [4.69, 9.17) is 11.6 Å². The highest BCUT2D eigenvalue weighted by Crippen LogP contribution is 2.20. The summed E-state index contributed by atoms with van der Waals surface area (Å²) >= 11 is 6.28. The molecule has 4 heteroatoms. The smallest absolute Gasteiger partial charge is 0.0451 e. The van der Waals surface area contributed by atoms with E-state index in [1.54, 1.807) is 0 Å². The van der Waals surface area contributed by atoms with Gasteiger partial charge in [0, 0.05) is 43.9 Å². The molecule has 1 N–H and O–H groups in total. The zero-order valence-corrected chi connectivity index (χ0v) is 14.6. The van der Waals surface area contributed by atoms with E-state index < -0.39 is 0 Å². The molecule has 0 unspecified atom stereocenters. The average Bonchev–Trinajstić information content (AvgIpc) is 2.49. The molecule has 1 saturated heterocycles. The Kier molecular flexibility index (Phi) is 7.16. The molecule has 0 amide bonds. The SMILES string of the molecule is CC(C)CCN1CCN(Cc2ccccc2Cl)C[C@@H]1CCO. The number of aliphatic hydroxyl groups is 1. The van der Waals surface area contributed by atoms with E-state index in [9.17, 15) is 5.11 Å². The van der Waals surface area contributed by atoms with E-state index in [1.165, 1.54) is 12.0 Å². The number of piperazine rings is 1. The molecule has 1 atom stereocenters. The predicted octanol–water partition coefficient (Wildman–Crippen LogP) is 3.25. The lowest BCUT2D eigenvalue weighted by atomic mass is 10.0. The van der Waals surface area contributed by atoms with Gasteiger partial charge in [-0.25, -0.2) is 0 Å². The summed E-state index contributed by atoms with van der Waals surface area (Å²) in [5, 5.41) is 10.2. The Morgan fingerprint density at radius 1 is 1.27 bits per heavy atom. The number of rotatable bonds is 7. The zero-order valence-electron chi connectivity index (χ0n) is 13.8. The molecule has 1 heterocycles. The van der Waals surface area contributed by atoms with Gasteiger partial charge in [0.15, 0.2) is 0 Å². The second kappa shape index (κ2) is 8.88. The quantitative estimate of drug-likeness (QED) is 0.834. The Balaban J connectivity index is 1.93. The molecule has 1 fully saturated rings. The molecule has 0 bridgehead atoms. The highest BCUT2D eigenvalue weighted by Gasteiger charge is 2.26. The number of hydrogen-bond donors (Lipinski definition) is 1. The van der Waals surface area contributed by atoms with Crippen LogP contribution in [0.4, 0.5) is 0 Å². The Hall–Kier alpha value is -0.610. The molecular formula is C18H29ClN2O. The molecule has 124 valence electrons. The third-order valence-electron chi connectivity index (χ3n) is 4.50. The fourth-order valence-corrected chi connectivity index (χ4v) is 3.31. The van der Waals surface area contributed by atoms with Gasteiger partial charge < -0.3 is 5.11 Å². The Bertz CT molecular complexity index is 452. The molecule has 0 radical (unpaired) electrons. The standard InChI is InChI=1S/C18H29ClN2O/c1-15(2)7-9-21-11-10-20(14-17(21)8-12-22)13-16-5-3-4-6-18(16)19/h3-6,15,17,22H,7-14H2,1-2H3/t17-/m0/s1. The first-order valence-electron chi connectivity index (χ1n) is 8.40. The maximum Gasteiger partial charge on any atom is 0.0451 e. The van der Waals surface area contributed by atoms with Gasteiger partial charge in [-0.2, -0.15) is 0 Å². The maximum absolute atomic E-state index is 9.37. The van der Waals surface area contributed by atoms with Crippen LogP contribution in [-0.4, -0.2) is 53.7 Å². The minimum Gasteiger partial charge on any atom is -0.396 e. The first-order valence-corrected chi connectivity index (χ1v) is 8.78. The fraction of sp³-hybridized carbons (Fsp3) is 0.667. The molecule has 1 aliphatic rings. The number of nitrogens with zero attached hydrogens (tertiary/aromatic N) is 2. The highest BCUT2D eigenvalue weighted by molar-refractivity contribution is 6.31. The minimum absolute atomic E-state index is 0.267. The van der Waals surface area contributed by atoms with Crippen molar-refractivity contribution in [2.24, 2.45) is 5.92 Å². The third-order valence-corrected chi connectivity index (χ3v) is 4.87.